The van der Waals surface area contributed by atoms with Gasteiger partial charge in [-0.2, -0.15) is 0 Å². The van der Waals surface area contributed by atoms with Gasteiger partial charge in [0.2, 0.25) is 0 Å². The van der Waals surface area contributed by atoms with Crippen LogP contribution in [0.25, 0.3) is 10.1 Å². The van der Waals surface area contributed by atoms with E-state index in [1.807, 2.05) is 11.3 Å². The minimum atomic E-state index is 0.992. The predicted octanol–water partition coefficient (Wildman–Crippen LogP) is 4.47. The Morgan fingerprint density at radius 1 is 1.38 bits per heavy atom. The van der Waals surface area contributed by atoms with Crippen LogP contribution >= 0.6 is 27.3 Å². The summed E-state index contributed by atoms with van der Waals surface area (Å²) in [7, 11) is 0. The number of rotatable bonds is 4. The van der Waals surface area contributed by atoms with Crippen LogP contribution in [0.4, 0.5) is 0 Å². The van der Waals surface area contributed by atoms with E-state index in [1.54, 1.807) is 0 Å². The van der Waals surface area contributed by atoms with Crippen molar-refractivity contribution in [3.63, 3.8) is 0 Å². The fourth-order valence-corrected chi connectivity index (χ4v) is 3.59. The van der Waals surface area contributed by atoms with Crippen molar-refractivity contribution < 1.29 is 0 Å². The van der Waals surface area contributed by atoms with Crippen molar-refractivity contribution in [1.82, 2.24) is 5.32 Å². The Morgan fingerprint density at radius 3 is 2.88 bits per heavy atom. The number of hydrogen-bond donors (Lipinski definition) is 1. The lowest BCUT2D eigenvalue weighted by atomic mass is 10.1. The Labute approximate surface area is 109 Å². The number of nitrogens with one attached hydrogen (secondary N) is 1. The van der Waals surface area contributed by atoms with E-state index in [0.29, 0.717) is 0 Å². The average Bonchev–Trinajstić information content (AvgIpc) is 2.59. The van der Waals surface area contributed by atoms with Crippen molar-refractivity contribution in [1.29, 1.82) is 0 Å². The third-order valence-corrected chi connectivity index (χ3v) is 4.99. The highest BCUT2D eigenvalue weighted by molar-refractivity contribution is 9.10. The van der Waals surface area contributed by atoms with Crippen molar-refractivity contribution in [3.8, 4) is 0 Å². The molecule has 16 heavy (non-hydrogen) atoms. The van der Waals surface area contributed by atoms with Gasteiger partial charge in [-0.05, 0) is 52.8 Å². The number of fused-ring (bicyclic) bond motifs is 1. The molecule has 86 valence electrons. The maximum atomic E-state index is 3.62. The molecule has 0 aliphatic carbocycles. The molecular weight excluding hydrogens is 282 g/mol. The molecule has 1 nitrogen and oxygen atoms in total. The van der Waals surface area contributed by atoms with Crippen LogP contribution in [0.15, 0.2) is 22.7 Å². The van der Waals surface area contributed by atoms with Gasteiger partial charge in [0.05, 0.1) is 0 Å². The molecule has 0 radical (unpaired) electrons. The van der Waals surface area contributed by atoms with Crippen LogP contribution in [-0.4, -0.2) is 6.54 Å². The van der Waals surface area contributed by atoms with Crippen LogP contribution < -0.4 is 5.32 Å². The van der Waals surface area contributed by atoms with Crippen LogP contribution in [-0.2, 0) is 6.54 Å². The molecular formula is C13H16BrNS. The summed E-state index contributed by atoms with van der Waals surface area (Å²) < 4.78 is 2.58. The van der Waals surface area contributed by atoms with E-state index in [0.717, 1.165) is 13.1 Å². The lowest BCUT2D eigenvalue weighted by Crippen LogP contribution is -2.13. The average molecular weight is 298 g/mol. The van der Waals surface area contributed by atoms with Crippen LogP contribution in [0.5, 0.6) is 0 Å². The highest BCUT2D eigenvalue weighted by Crippen LogP contribution is 2.35. The van der Waals surface area contributed by atoms with E-state index in [2.05, 4.69) is 53.3 Å². The van der Waals surface area contributed by atoms with E-state index in [9.17, 15) is 0 Å². The molecule has 0 spiro atoms. The minimum Gasteiger partial charge on any atom is -0.312 e. The number of thiophene rings is 1. The third-order valence-electron chi connectivity index (χ3n) is 2.73. The van der Waals surface area contributed by atoms with E-state index in [4.69, 9.17) is 0 Å². The first-order valence-corrected chi connectivity index (χ1v) is 7.22. The lowest BCUT2D eigenvalue weighted by molar-refractivity contribution is 0.680. The molecule has 1 N–H and O–H groups in total. The fraction of sp³-hybridized carbons (Fsp3) is 0.385. The maximum Gasteiger partial charge on any atom is 0.0491 e. The van der Waals surface area contributed by atoms with Gasteiger partial charge in [0.15, 0.2) is 0 Å². The quantitative estimate of drug-likeness (QED) is 0.821. The van der Waals surface area contributed by atoms with Crippen molar-refractivity contribution >= 4 is 37.4 Å². The maximum absolute atomic E-state index is 3.62. The summed E-state index contributed by atoms with van der Waals surface area (Å²) in [6.07, 6.45) is 1.19. The molecule has 0 amide bonds. The zero-order valence-corrected chi connectivity index (χ0v) is 12.0. The molecule has 0 bridgehead atoms. The zero-order chi connectivity index (χ0) is 11.5. The van der Waals surface area contributed by atoms with Gasteiger partial charge >= 0.3 is 0 Å². The highest BCUT2D eigenvalue weighted by Gasteiger charge is 2.09. The highest BCUT2D eigenvalue weighted by atomic mass is 79.9. The summed E-state index contributed by atoms with van der Waals surface area (Å²) in [5.41, 5.74) is 1.42. The number of halogens is 1. The lowest BCUT2D eigenvalue weighted by Gasteiger charge is -2.01. The molecule has 0 aliphatic heterocycles. The van der Waals surface area contributed by atoms with Gasteiger partial charge in [0.25, 0.3) is 0 Å². The molecule has 1 aromatic carbocycles. The monoisotopic (exact) mass is 297 g/mol. The van der Waals surface area contributed by atoms with Crippen molar-refractivity contribution in [2.45, 2.75) is 26.8 Å². The van der Waals surface area contributed by atoms with Gasteiger partial charge in [-0.15, -0.1) is 11.3 Å². The topological polar surface area (TPSA) is 12.0 Å². The summed E-state index contributed by atoms with van der Waals surface area (Å²) in [6, 6.07) is 6.42. The van der Waals surface area contributed by atoms with Crippen LogP contribution in [0.2, 0.25) is 0 Å². The summed E-state index contributed by atoms with van der Waals surface area (Å²) >= 11 is 5.51. The Kier molecular flexibility index (Phi) is 4.00. The van der Waals surface area contributed by atoms with Gasteiger partial charge in [-0.25, -0.2) is 0 Å². The Balaban J connectivity index is 2.33. The second-order valence-corrected chi connectivity index (χ2v) is 5.90. The summed E-state index contributed by atoms with van der Waals surface area (Å²) in [4.78, 5) is 1.45. The Hall–Kier alpha value is -0.380. The van der Waals surface area contributed by atoms with Crippen LogP contribution in [0.3, 0.4) is 0 Å². The van der Waals surface area contributed by atoms with Crippen LogP contribution in [0.1, 0.15) is 23.8 Å². The van der Waals surface area contributed by atoms with Crippen molar-refractivity contribution in [2.75, 3.05) is 6.54 Å². The van der Waals surface area contributed by atoms with Crippen LogP contribution in [0, 0.1) is 6.92 Å². The molecule has 0 unspecified atom stereocenters. The molecule has 2 rings (SSSR count). The number of aryl methyl sites for hydroxylation is 1. The predicted molar refractivity (Wildman–Crippen MR) is 76.3 cm³/mol. The van der Waals surface area contributed by atoms with E-state index >= 15 is 0 Å². The zero-order valence-electron chi connectivity index (χ0n) is 9.64. The SMILES string of the molecule is CCCNCc1sc2c(Br)cccc2c1C. The smallest absolute Gasteiger partial charge is 0.0491 e. The molecule has 0 fully saturated rings. The van der Waals surface area contributed by atoms with E-state index < -0.39 is 0 Å². The van der Waals surface area contributed by atoms with Gasteiger partial charge in [-0.1, -0.05) is 19.1 Å². The molecule has 0 saturated heterocycles. The van der Waals surface area contributed by atoms with Crippen molar-refractivity contribution in [3.05, 3.63) is 33.1 Å². The number of benzene rings is 1. The standard InChI is InChI=1S/C13H16BrNS/c1-3-7-15-8-12-9(2)10-5-4-6-11(14)13(10)16-12/h4-6,15H,3,7-8H2,1-2H3. The Morgan fingerprint density at radius 2 is 2.19 bits per heavy atom. The van der Waals surface area contributed by atoms with E-state index in [-0.39, 0.29) is 0 Å². The first-order chi connectivity index (χ1) is 7.74. The molecule has 1 aromatic heterocycles. The first kappa shape index (κ1) is 12.1. The molecule has 1 heterocycles. The number of hydrogen-bond acceptors (Lipinski definition) is 2. The van der Waals surface area contributed by atoms with E-state index in [1.165, 1.54) is 31.4 Å². The first-order valence-electron chi connectivity index (χ1n) is 5.61. The molecule has 0 saturated carbocycles. The molecule has 0 aliphatic rings. The summed E-state index contributed by atoms with van der Waals surface area (Å²) in [5.74, 6) is 0. The normalized spacial score (nSPS) is 11.2. The second kappa shape index (κ2) is 5.30. The summed E-state index contributed by atoms with van der Waals surface area (Å²) in [6.45, 7) is 6.50. The largest absolute Gasteiger partial charge is 0.312 e. The Bertz CT molecular complexity index is 490. The minimum absolute atomic E-state index is 0.992. The fourth-order valence-electron chi connectivity index (χ4n) is 1.81. The second-order valence-electron chi connectivity index (χ2n) is 3.94. The third kappa shape index (κ3) is 2.31. The summed E-state index contributed by atoms with van der Waals surface area (Å²) in [5, 5.41) is 4.85. The van der Waals surface area contributed by atoms with Gasteiger partial charge < -0.3 is 5.32 Å². The van der Waals surface area contributed by atoms with Gasteiger partial charge in [-0.3, -0.25) is 0 Å². The molecule has 2 aromatic rings. The van der Waals surface area contributed by atoms with Gasteiger partial charge in [0.1, 0.15) is 0 Å². The van der Waals surface area contributed by atoms with Gasteiger partial charge in [0, 0.05) is 20.6 Å². The molecule has 3 heteroatoms. The van der Waals surface area contributed by atoms with Crippen molar-refractivity contribution in [2.24, 2.45) is 0 Å². The molecule has 0 atom stereocenters.